The first-order chi connectivity index (χ1) is 8.24. The van der Waals surface area contributed by atoms with Crippen LogP contribution in [0.15, 0.2) is 24.3 Å². The van der Waals surface area contributed by atoms with Crippen LogP contribution in [-0.4, -0.2) is 17.8 Å². The molecule has 0 saturated carbocycles. The van der Waals surface area contributed by atoms with E-state index in [1.807, 2.05) is 0 Å². The van der Waals surface area contributed by atoms with Crippen LogP contribution in [-0.2, 0) is 4.79 Å². The molecule has 0 unspecified atom stereocenters. The SMILES string of the molecule is O=C(CCCBr)NCC#Cc1ccccc1F. The molecule has 2 nitrogen and oxygen atoms in total. The van der Waals surface area contributed by atoms with Gasteiger partial charge in [-0.15, -0.1) is 0 Å². The van der Waals surface area contributed by atoms with Crippen molar-refractivity contribution in [1.82, 2.24) is 5.32 Å². The molecule has 1 N–H and O–H groups in total. The number of hydrogen-bond acceptors (Lipinski definition) is 1. The maximum Gasteiger partial charge on any atom is 0.220 e. The Morgan fingerprint density at radius 1 is 1.41 bits per heavy atom. The Labute approximate surface area is 109 Å². The number of halogens is 2. The summed E-state index contributed by atoms with van der Waals surface area (Å²) in [7, 11) is 0. The molecule has 1 aromatic rings. The van der Waals surface area contributed by atoms with Crippen LogP contribution in [0.5, 0.6) is 0 Å². The Bertz CT molecular complexity index is 437. The Balaban J connectivity index is 2.37. The summed E-state index contributed by atoms with van der Waals surface area (Å²) in [5.74, 6) is 5.01. The van der Waals surface area contributed by atoms with Gasteiger partial charge in [-0.3, -0.25) is 4.79 Å². The third kappa shape index (κ3) is 5.50. The van der Waals surface area contributed by atoms with Gasteiger partial charge < -0.3 is 5.32 Å². The van der Waals surface area contributed by atoms with E-state index in [-0.39, 0.29) is 18.3 Å². The molecule has 1 rings (SSSR count). The van der Waals surface area contributed by atoms with Gasteiger partial charge in [-0.1, -0.05) is 39.9 Å². The number of amides is 1. The van der Waals surface area contributed by atoms with Crippen molar-refractivity contribution in [3.05, 3.63) is 35.6 Å². The molecule has 1 amide bonds. The van der Waals surface area contributed by atoms with Gasteiger partial charge >= 0.3 is 0 Å². The summed E-state index contributed by atoms with van der Waals surface area (Å²) in [6.45, 7) is 0.245. The van der Waals surface area contributed by atoms with Crippen molar-refractivity contribution in [2.24, 2.45) is 0 Å². The van der Waals surface area contributed by atoms with Gasteiger partial charge in [0.2, 0.25) is 5.91 Å². The van der Waals surface area contributed by atoms with Gasteiger partial charge in [0.1, 0.15) is 5.82 Å². The standard InChI is InChI=1S/C13H13BrFNO/c14-9-3-8-13(17)16-10-4-6-11-5-1-2-7-12(11)15/h1-2,5,7H,3,8-10H2,(H,16,17). The number of benzene rings is 1. The average molecular weight is 298 g/mol. The summed E-state index contributed by atoms with van der Waals surface area (Å²) >= 11 is 3.25. The molecular formula is C13H13BrFNO. The predicted octanol–water partition coefficient (Wildman–Crippen LogP) is 2.47. The van der Waals surface area contributed by atoms with E-state index in [9.17, 15) is 9.18 Å². The van der Waals surface area contributed by atoms with Gasteiger partial charge in [0.25, 0.3) is 0 Å². The van der Waals surface area contributed by atoms with Crippen molar-refractivity contribution in [2.75, 3.05) is 11.9 Å². The summed E-state index contributed by atoms with van der Waals surface area (Å²) in [6.07, 6.45) is 1.28. The van der Waals surface area contributed by atoms with Crippen LogP contribution in [0.25, 0.3) is 0 Å². The topological polar surface area (TPSA) is 29.1 Å². The van der Waals surface area contributed by atoms with E-state index in [1.165, 1.54) is 6.07 Å². The first kappa shape index (κ1) is 13.7. The minimum atomic E-state index is -0.342. The van der Waals surface area contributed by atoms with Crippen LogP contribution in [0, 0.1) is 17.7 Å². The Kier molecular flexibility index (Phi) is 6.34. The molecule has 0 saturated heterocycles. The van der Waals surface area contributed by atoms with Crippen molar-refractivity contribution in [3.63, 3.8) is 0 Å². The van der Waals surface area contributed by atoms with E-state index in [0.717, 1.165) is 11.8 Å². The monoisotopic (exact) mass is 297 g/mol. The average Bonchev–Trinajstić information content (AvgIpc) is 2.34. The summed E-state index contributed by atoms with van der Waals surface area (Å²) < 4.78 is 13.1. The van der Waals surface area contributed by atoms with Crippen molar-refractivity contribution in [2.45, 2.75) is 12.8 Å². The highest BCUT2D eigenvalue weighted by Gasteiger charge is 1.97. The summed E-state index contributed by atoms with van der Waals surface area (Å²) in [4.78, 5) is 11.2. The highest BCUT2D eigenvalue weighted by Crippen LogP contribution is 2.03. The fourth-order valence-corrected chi connectivity index (χ4v) is 1.44. The molecule has 0 aliphatic heterocycles. The van der Waals surface area contributed by atoms with Crippen LogP contribution in [0.2, 0.25) is 0 Å². The van der Waals surface area contributed by atoms with E-state index in [2.05, 4.69) is 33.1 Å². The second-order valence-electron chi connectivity index (χ2n) is 3.35. The number of hydrogen-bond donors (Lipinski definition) is 1. The van der Waals surface area contributed by atoms with Crippen molar-refractivity contribution >= 4 is 21.8 Å². The van der Waals surface area contributed by atoms with E-state index < -0.39 is 0 Å². The van der Waals surface area contributed by atoms with Gasteiger partial charge in [-0.2, -0.15) is 0 Å². The fourth-order valence-electron chi connectivity index (χ4n) is 1.16. The van der Waals surface area contributed by atoms with Crippen molar-refractivity contribution in [1.29, 1.82) is 0 Å². The first-order valence-corrected chi connectivity index (χ1v) is 6.42. The molecule has 0 atom stereocenters. The first-order valence-electron chi connectivity index (χ1n) is 5.30. The van der Waals surface area contributed by atoms with Gasteiger partial charge in [0.15, 0.2) is 0 Å². The molecule has 17 heavy (non-hydrogen) atoms. The molecule has 0 aliphatic rings. The van der Waals surface area contributed by atoms with Gasteiger partial charge in [0, 0.05) is 11.8 Å². The third-order valence-corrected chi connectivity index (χ3v) is 2.57. The van der Waals surface area contributed by atoms with Gasteiger partial charge in [-0.05, 0) is 18.6 Å². The molecule has 0 bridgehead atoms. The van der Waals surface area contributed by atoms with E-state index in [4.69, 9.17) is 0 Å². The lowest BCUT2D eigenvalue weighted by Gasteiger charge is -1.98. The lowest BCUT2D eigenvalue weighted by molar-refractivity contribution is -0.120. The molecule has 0 fully saturated rings. The van der Waals surface area contributed by atoms with Crippen LogP contribution in [0.1, 0.15) is 18.4 Å². The maximum atomic E-state index is 13.1. The number of carbonyl (C=O) groups excluding carboxylic acids is 1. The number of alkyl halides is 1. The number of rotatable bonds is 4. The smallest absolute Gasteiger partial charge is 0.220 e. The summed E-state index contributed by atoms with van der Waals surface area (Å²) in [6, 6.07) is 6.30. The van der Waals surface area contributed by atoms with E-state index >= 15 is 0 Å². The lowest BCUT2D eigenvalue weighted by atomic mass is 10.2. The molecule has 0 aliphatic carbocycles. The Morgan fingerprint density at radius 3 is 2.88 bits per heavy atom. The molecule has 90 valence electrons. The second kappa shape index (κ2) is 7.86. The van der Waals surface area contributed by atoms with Gasteiger partial charge in [-0.25, -0.2) is 4.39 Å². The minimum Gasteiger partial charge on any atom is -0.345 e. The van der Waals surface area contributed by atoms with E-state index in [1.54, 1.807) is 18.2 Å². The molecule has 0 heterocycles. The number of carbonyl (C=O) groups is 1. The van der Waals surface area contributed by atoms with Crippen LogP contribution >= 0.6 is 15.9 Å². The predicted molar refractivity (Wildman–Crippen MR) is 69.3 cm³/mol. The Hall–Kier alpha value is -1.34. The summed E-state index contributed by atoms with van der Waals surface area (Å²) in [5, 5.41) is 3.46. The maximum absolute atomic E-state index is 13.1. The fraction of sp³-hybridized carbons (Fsp3) is 0.308. The minimum absolute atomic E-state index is 0.0349. The third-order valence-electron chi connectivity index (χ3n) is 2.01. The quantitative estimate of drug-likeness (QED) is 0.671. The molecule has 0 radical (unpaired) electrons. The van der Waals surface area contributed by atoms with E-state index in [0.29, 0.717) is 12.0 Å². The highest BCUT2D eigenvalue weighted by molar-refractivity contribution is 9.09. The van der Waals surface area contributed by atoms with Crippen molar-refractivity contribution < 1.29 is 9.18 Å². The normalized spacial score (nSPS) is 9.29. The highest BCUT2D eigenvalue weighted by atomic mass is 79.9. The van der Waals surface area contributed by atoms with Crippen LogP contribution in [0.4, 0.5) is 4.39 Å². The summed E-state index contributed by atoms with van der Waals surface area (Å²) in [5.41, 5.74) is 0.349. The molecule has 4 heteroatoms. The molecular weight excluding hydrogens is 285 g/mol. The largest absolute Gasteiger partial charge is 0.345 e. The number of nitrogens with one attached hydrogen (secondary N) is 1. The van der Waals surface area contributed by atoms with Crippen LogP contribution in [0.3, 0.4) is 0 Å². The lowest BCUT2D eigenvalue weighted by Crippen LogP contribution is -2.23. The zero-order chi connectivity index (χ0) is 12.5. The molecule has 0 spiro atoms. The molecule has 0 aromatic heterocycles. The second-order valence-corrected chi connectivity index (χ2v) is 4.14. The zero-order valence-electron chi connectivity index (χ0n) is 9.30. The zero-order valence-corrected chi connectivity index (χ0v) is 10.9. The van der Waals surface area contributed by atoms with Crippen LogP contribution < -0.4 is 5.32 Å². The van der Waals surface area contributed by atoms with Crippen molar-refractivity contribution in [3.8, 4) is 11.8 Å². The van der Waals surface area contributed by atoms with Gasteiger partial charge in [0.05, 0.1) is 12.1 Å². The molecule has 1 aromatic carbocycles. The Morgan fingerprint density at radius 2 is 2.18 bits per heavy atom.